The van der Waals surface area contributed by atoms with E-state index >= 15 is 0 Å². The van der Waals surface area contributed by atoms with Crippen molar-refractivity contribution in [3.05, 3.63) is 59.6 Å². The van der Waals surface area contributed by atoms with E-state index in [9.17, 15) is 14.4 Å². The van der Waals surface area contributed by atoms with Gasteiger partial charge >= 0.3 is 5.97 Å². The van der Waals surface area contributed by atoms with Crippen LogP contribution in [0.15, 0.2) is 41.3 Å². The SMILES string of the molecule is COC(=O)[C@H](C)N1C(=O)S/C(=C/c2cc(I)c(OCc3ccc(I)cc3)c(OC)c2)C1=O. The van der Waals surface area contributed by atoms with Gasteiger partial charge in [0.05, 0.1) is 22.7 Å². The Morgan fingerprint density at radius 1 is 1.16 bits per heavy atom. The van der Waals surface area contributed by atoms with Crippen LogP contribution in [0.1, 0.15) is 18.1 Å². The van der Waals surface area contributed by atoms with Crippen LogP contribution >= 0.6 is 56.9 Å². The van der Waals surface area contributed by atoms with Crippen LogP contribution in [-0.2, 0) is 20.9 Å². The Morgan fingerprint density at radius 2 is 1.84 bits per heavy atom. The smallest absolute Gasteiger partial charge is 0.328 e. The van der Waals surface area contributed by atoms with E-state index in [0.29, 0.717) is 23.7 Å². The molecule has 0 aromatic heterocycles. The predicted octanol–water partition coefficient (Wildman–Crippen LogP) is 5.08. The summed E-state index contributed by atoms with van der Waals surface area (Å²) < 4.78 is 18.1. The Kier molecular flexibility index (Phi) is 8.44. The van der Waals surface area contributed by atoms with Gasteiger partial charge in [-0.3, -0.25) is 14.5 Å². The number of ether oxygens (including phenoxy) is 3. The molecule has 0 N–H and O–H groups in total. The normalized spacial score (nSPS) is 15.8. The van der Waals surface area contributed by atoms with Crippen LogP contribution in [0.3, 0.4) is 0 Å². The Bertz CT molecular complexity index is 1090. The van der Waals surface area contributed by atoms with Gasteiger partial charge in [0.1, 0.15) is 12.6 Å². The number of benzene rings is 2. The van der Waals surface area contributed by atoms with Crippen LogP contribution in [0.25, 0.3) is 6.08 Å². The van der Waals surface area contributed by atoms with E-state index in [1.54, 1.807) is 19.3 Å². The minimum absolute atomic E-state index is 0.219. The number of esters is 1. The molecule has 168 valence electrons. The molecular formula is C22H19I2NO6S. The minimum Gasteiger partial charge on any atom is -0.493 e. The number of amides is 2. The van der Waals surface area contributed by atoms with Crippen molar-refractivity contribution in [3.63, 3.8) is 0 Å². The molecule has 0 spiro atoms. The lowest BCUT2D eigenvalue weighted by Gasteiger charge is -2.18. The highest BCUT2D eigenvalue weighted by atomic mass is 127. The molecule has 0 unspecified atom stereocenters. The fraction of sp³-hybridized carbons (Fsp3) is 0.227. The molecule has 7 nitrogen and oxygen atoms in total. The summed E-state index contributed by atoms with van der Waals surface area (Å²) in [5, 5.41) is -0.515. The lowest BCUT2D eigenvalue weighted by Crippen LogP contribution is -2.42. The third kappa shape index (κ3) is 5.57. The third-order valence-electron chi connectivity index (χ3n) is 4.60. The van der Waals surface area contributed by atoms with Crippen LogP contribution in [0.5, 0.6) is 11.5 Å². The summed E-state index contributed by atoms with van der Waals surface area (Å²) in [5.74, 6) is -0.0858. The fourth-order valence-electron chi connectivity index (χ4n) is 2.94. The van der Waals surface area contributed by atoms with Crippen LogP contribution in [-0.4, -0.2) is 42.3 Å². The van der Waals surface area contributed by atoms with Crippen molar-refractivity contribution in [2.45, 2.75) is 19.6 Å². The first-order valence-electron chi connectivity index (χ1n) is 9.34. The molecule has 3 rings (SSSR count). The van der Waals surface area contributed by atoms with E-state index in [1.807, 2.05) is 30.3 Å². The van der Waals surface area contributed by atoms with Gasteiger partial charge in [0.15, 0.2) is 11.5 Å². The number of carbonyl (C=O) groups excluding carboxylic acids is 3. The maximum Gasteiger partial charge on any atom is 0.328 e. The molecule has 0 saturated carbocycles. The molecule has 1 fully saturated rings. The van der Waals surface area contributed by atoms with Crippen molar-refractivity contribution in [1.82, 2.24) is 4.90 Å². The van der Waals surface area contributed by atoms with Gasteiger partial charge in [-0.25, -0.2) is 4.79 Å². The van der Waals surface area contributed by atoms with E-state index in [-0.39, 0.29) is 4.91 Å². The second-order valence-electron chi connectivity index (χ2n) is 6.70. The van der Waals surface area contributed by atoms with Gasteiger partial charge in [-0.1, -0.05) is 12.1 Å². The van der Waals surface area contributed by atoms with Crippen LogP contribution in [0.4, 0.5) is 4.79 Å². The monoisotopic (exact) mass is 679 g/mol. The largest absolute Gasteiger partial charge is 0.493 e. The number of halogens is 2. The second kappa shape index (κ2) is 10.9. The predicted molar refractivity (Wildman–Crippen MR) is 138 cm³/mol. The molecule has 1 aliphatic rings. The summed E-state index contributed by atoms with van der Waals surface area (Å²) in [6.07, 6.45) is 1.60. The molecule has 1 aliphatic heterocycles. The van der Waals surface area contributed by atoms with Crippen molar-refractivity contribution in [1.29, 1.82) is 0 Å². The summed E-state index contributed by atoms with van der Waals surface area (Å²) in [7, 11) is 2.75. The number of imide groups is 1. The average Bonchev–Trinajstić information content (AvgIpc) is 3.05. The van der Waals surface area contributed by atoms with Crippen molar-refractivity contribution in [3.8, 4) is 11.5 Å². The van der Waals surface area contributed by atoms with Gasteiger partial charge in [-0.2, -0.15) is 0 Å². The highest BCUT2D eigenvalue weighted by Gasteiger charge is 2.41. The molecule has 2 aromatic carbocycles. The Balaban J connectivity index is 1.83. The van der Waals surface area contributed by atoms with Crippen molar-refractivity contribution < 1.29 is 28.6 Å². The van der Waals surface area contributed by atoms with Crippen LogP contribution in [0, 0.1) is 7.14 Å². The standard InChI is InChI=1S/C22H19I2NO6S/c1-12(21(27)30-3)25-20(26)18(32-22(25)28)10-14-8-16(24)19(17(9-14)29-2)31-11-13-4-6-15(23)7-5-13/h4-10,12H,11H2,1-3H3/b18-10+/t12-/m0/s1. The Labute approximate surface area is 217 Å². The van der Waals surface area contributed by atoms with E-state index in [2.05, 4.69) is 49.9 Å². The molecule has 0 bridgehead atoms. The lowest BCUT2D eigenvalue weighted by molar-refractivity contribution is -0.148. The van der Waals surface area contributed by atoms with E-state index in [4.69, 9.17) is 9.47 Å². The topological polar surface area (TPSA) is 82.1 Å². The molecule has 10 heteroatoms. The van der Waals surface area contributed by atoms with E-state index in [0.717, 1.165) is 29.4 Å². The molecule has 32 heavy (non-hydrogen) atoms. The van der Waals surface area contributed by atoms with Gasteiger partial charge in [0.2, 0.25) is 0 Å². The highest BCUT2D eigenvalue weighted by Crippen LogP contribution is 2.38. The zero-order valence-electron chi connectivity index (χ0n) is 17.4. The number of hydrogen-bond donors (Lipinski definition) is 0. The maximum absolute atomic E-state index is 12.7. The molecule has 1 atom stereocenters. The Morgan fingerprint density at radius 3 is 2.47 bits per heavy atom. The summed E-state index contributed by atoms with van der Waals surface area (Å²) in [6, 6.07) is 10.6. The highest BCUT2D eigenvalue weighted by molar-refractivity contribution is 14.1. The quantitative estimate of drug-likeness (QED) is 0.230. The first-order chi connectivity index (χ1) is 15.2. The zero-order valence-corrected chi connectivity index (χ0v) is 22.5. The Hall–Kier alpha value is -1.80. The molecule has 2 amide bonds. The average molecular weight is 679 g/mol. The number of thioether (sulfide) groups is 1. The zero-order chi connectivity index (χ0) is 23.4. The van der Waals surface area contributed by atoms with Crippen molar-refractivity contribution >= 4 is 80.1 Å². The summed E-state index contributed by atoms with van der Waals surface area (Å²) >= 11 is 5.17. The molecule has 1 heterocycles. The van der Waals surface area contributed by atoms with Gasteiger partial charge < -0.3 is 14.2 Å². The number of nitrogens with zero attached hydrogens (tertiary/aromatic N) is 1. The summed E-state index contributed by atoms with van der Waals surface area (Å²) in [6.45, 7) is 1.84. The number of carbonyl (C=O) groups is 3. The van der Waals surface area contributed by atoms with Crippen LogP contribution in [0.2, 0.25) is 0 Å². The maximum atomic E-state index is 12.7. The van der Waals surface area contributed by atoms with Gasteiger partial charge in [-0.15, -0.1) is 0 Å². The first kappa shape index (κ1) is 24.8. The van der Waals surface area contributed by atoms with Gasteiger partial charge in [-0.05, 0) is 105 Å². The molecule has 1 saturated heterocycles. The molecule has 0 radical (unpaired) electrons. The molecule has 0 aliphatic carbocycles. The lowest BCUT2D eigenvalue weighted by atomic mass is 10.1. The number of hydrogen-bond acceptors (Lipinski definition) is 7. The molecular weight excluding hydrogens is 660 g/mol. The summed E-state index contributed by atoms with van der Waals surface area (Å²) in [5.41, 5.74) is 1.70. The molecule has 2 aromatic rings. The number of rotatable bonds is 7. The van der Waals surface area contributed by atoms with Crippen molar-refractivity contribution in [2.24, 2.45) is 0 Å². The van der Waals surface area contributed by atoms with E-state index in [1.165, 1.54) is 14.0 Å². The minimum atomic E-state index is -0.995. The van der Waals surface area contributed by atoms with Crippen molar-refractivity contribution in [2.75, 3.05) is 14.2 Å². The van der Waals surface area contributed by atoms with Crippen LogP contribution < -0.4 is 9.47 Å². The third-order valence-corrected chi connectivity index (χ3v) is 7.00. The fourth-order valence-corrected chi connectivity index (χ4v) is 4.99. The summed E-state index contributed by atoms with van der Waals surface area (Å²) in [4.78, 5) is 37.9. The van der Waals surface area contributed by atoms with E-state index < -0.39 is 23.2 Å². The second-order valence-corrected chi connectivity index (χ2v) is 10.1. The van der Waals surface area contributed by atoms with Gasteiger partial charge in [0.25, 0.3) is 11.1 Å². The number of methoxy groups -OCH3 is 2. The first-order valence-corrected chi connectivity index (χ1v) is 12.3. The van der Waals surface area contributed by atoms with Gasteiger partial charge in [0, 0.05) is 3.57 Å².